The van der Waals surface area contributed by atoms with E-state index in [-0.39, 0.29) is 37.5 Å². The molecule has 0 spiro atoms. The number of guanidine groups is 1. The van der Waals surface area contributed by atoms with Gasteiger partial charge in [0.25, 0.3) is 0 Å². The lowest BCUT2D eigenvalue weighted by Gasteiger charge is -2.32. The first-order chi connectivity index (χ1) is 22.6. The molecule has 0 radical (unpaired) electrons. The summed E-state index contributed by atoms with van der Waals surface area (Å²) in [7, 11) is 0. The SMILES string of the molecule is CC(C)(C)OC(=O)/N=C(\N(CCCCCCCBr)C(=O)O)N(CCCC#Cc1nc(C(=N)NC(=O)OC(C)(C)C)cs1)C(=O)OC(C)(C)C. The molecule has 0 aromatic carbocycles. The third-order valence-electron chi connectivity index (χ3n) is 5.69. The largest absolute Gasteiger partial charge is 0.465 e. The van der Waals surface area contributed by atoms with Crippen LogP contribution in [-0.4, -0.2) is 91.3 Å². The molecule has 1 heterocycles. The number of rotatable bonds is 11. The summed E-state index contributed by atoms with van der Waals surface area (Å²) in [6.45, 7) is 15.0. The molecule has 0 unspecified atom stereocenters. The average molecular weight is 772 g/mol. The van der Waals surface area contributed by atoms with Crippen LogP contribution in [0.1, 0.15) is 118 Å². The second-order valence-corrected chi connectivity index (χ2v) is 15.5. The number of alkyl carbamates (subject to hydrolysis) is 1. The monoisotopic (exact) mass is 770 g/mol. The van der Waals surface area contributed by atoms with E-state index >= 15 is 0 Å². The Bertz CT molecular complexity index is 1380. The molecule has 4 amide bonds. The quantitative estimate of drug-likeness (QED) is 0.0501. The summed E-state index contributed by atoms with van der Waals surface area (Å²) in [5.41, 5.74) is -2.34. The maximum Gasteiger partial charge on any atom is 0.437 e. The van der Waals surface area contributed by atoms with E-state index < -0.39 is 47.1 Å². The van der Waals surface area contributed by atoms with Gasteiger partial charge in [0.05, 0.1) is 0 Å². The van der Waals surface area contributed by atoms with Crippen LogP contribution < -0.4 is 5.32 Å². The topological polar surface area (TPSA) is 184 Å². The highest BCUT2D eigenvalue weighted by molar-refractivity contribution is 9.09. The van der Waals surface area contributed by atoms with E-state index in [0.717, 1.165) is 40.8 Å². The van der Waals surface area contributed by atoms with E-state index in [1.54, 1.807) is 67.7 Å². The molecule has 1 aromatic rings. The van der Waals surface area contributed by atoms with Gasteiger partial charge in [-0.2, -0.15) is 0 Å². The van der Waals surface area contributed by atoms with Gasteiger partial charge in [0, 0.05) is 30.2 Å². The van der Waals surface area contributed by atoms with Gasteiger partial charge in [0.1, 0.15) is 22.5 Å². The zero-order valence-electron chi connectivity index (χ0n) is 30.0. The Morgan fingerprint density at radius 2 is 1.47 bits per heavy atom. The van der Waals surface area contributed by atoms with Crippen molar-refractivity contribution in [2.45, 2.75) is 124 Å². The number of carbonyl (C=O) groups is 4. The van der Waals surface area contributed by atoms with Crippen LogP contribution in [0.2, 0.25) is 0 Å². The highest BCUT2D eigenvalue weighted by Crippen LogP contribution is 2.17. The number of alkyl halides is 1. The van der Waals surface area contributed by atoms with E-state index in [2.05, 4.69) is 43.1 Å². The molecule has 16 heteroatoms. The minimum absolute atomic E-state index is 0.00541. The lowest BCUT2D eigenvalue weighted by Crippen LogP contribution is -2.52. The van der Waals surface area contributed by atoms with Crippen molar-refractivity contribution in [3.63, 3.8) is 0 Å². The van der Waals surface area contributed by atoms with Gasteiger partial charge in [-0.15, -0.1) is 16.3 Å². The molecule has 0 aliphatic carbocycles. The summed E-state index contributed by atoms with van der Waals surface area (Å²) in [4.78, 5) is 61.0. The van der Waals surface area contributed by atoms with Gasteiger partial charge in [-0.1, -0.05) is 41.1 Å². The van der Waals surface area contributed by atoms with Crippen molar-refractivity contribution in [1.29, 1.82) is 5.41 Å². The Balaban J connectivity index is 3.23. The van der Waals surface area contributed by atoms with Crippen molar-refractivity contribution >= 4 is 63.4 Å². The number of amides is 4. The fourth-order valence-electron chi connectivity index (χ4n) is 3.78. The number of aromatic nitrogens is 1. The number of thiazole rings is 1. The summed E-state index contributed by atoms with van der Waals surface area (Å²) in [5, 5.41) is 23.5. The van der Waals surface area contributed by atoms with Crippen LogP contribution in [0.4, 0.5) is 19.2 Å². The molecule has 0 bridgehead atoms. The molecule has 3 N–H and O–H groups in total. The standard InChI is InChI=1S/C33H51BrN6O8S/c1-31(2,3)46-27(41)37-25(35)23-22-49-24(36-23)18-14-13-17-21-40(30(45)48-33(7,8)9)26(38-28(42)47-32(4,5)6)39(29(43)44)20-16-12-10-11-15-19-34/h22H,10-13,15-17,19-21H2,1-9H3,(H,43,44)(H2,35,37,41)/b38-26+. The smallest absolute Gasteiger partial charge is 0.437 e. The molecule has 49 heavy (non-hydrogen) atoms. The van der Waals surface area contributed by atoms with E-state index in [0.29, 0.717) is 11.4 Å². The molecular formula is C33H51BrN6O8S. The molecule has 1 rings (SSSR count). The van der Waals surface area contributed by atoms with Gasteiger partial charge >= 0.3 is 24.4 Å². The predicted octanol–water partition coefficient (Wildman–Crippen LogP) is 7.98. The van der Waals surface area contributed by atoms with Crippen LogP contribution >= 0.6 is 27.3 Å². The maximum atomic E-state index is 13.5. The number of hydrogen-bond donors (Lipinski definition) is 3. The van der Waals surface area contributed by atoms with Crippen molar-refractivity contribution < 1.29 is 38.5 Å². The Hall–Kier alpha value is -3.71. The first-order valence-electron chi connectivity index (χ1n) is 16.0. The lowest BCUT2D eigenvalue weighted by molar-refractivity contribution is 0.0347. The average Bonchev–Trinajstić information content (AvgIpc) is 3.40. The van der Waals surface area contributed by atoms with Crippen molar-refractivity contribution in [3.8, 4) is 11.8 Å². The van der Waals surface area contributed by atoms with Crippen molar-refractivity contribution in [3.05, 3.63) is 16.1 Å². The lowest BCUT2D eigenvalue weighted by atomic mass is 10.1. The zero-order valence-corrected chi connectivity index (χ0v) is 32.4. The molecule has 1 aromatic heterocycles. The number of aliphatic imine (C=N–C) groups is 1. The third kappa shape index (κ3) is 19.2. The number of amidine groups is 1. The summed E-state index contributed by atoms with van der Waals surface area (Å²) < 4.78 is 16.1. The minimum Gasteiger partial charge on any atom is -0.465 e. The molecule has 0 saturated carbocycles. The van der Waals surface area contributed by atoms with Gasteiger partial charge in [-0.25, -0.2) is 34.0 Å². The van der Waals surface area contributed by atoms with Crippen LogP contribution in [0.5, 0.6) is 0 Å². The second-order valence-electron chi connectivity index (χ2n) is 13.9. The maximum absolute atomic E-state index is 13.5. The number of unbranched alkanes of at least 4 members (excludes halogenated alkanes) is 5. The van der Waals surface area contributed by atoms with Gasteiger partial charge in [-0.05, 0) is 87.5 Å². The molecule has 0 saturated heterocycles. The van der Waals surface area contributed by atoms with E-state index in [9.17, 15) is 24.3 Å². The zero-order chi connectivity index (χ0) is 37.4. The minimum atomic E-state index is -1.39. The Morgan fingerprint density at radius 3 is 2.04 bits per heavy atom. The Morgan fingerprint density at radius 1 is 0.898 bits per heavy atom. The number of ether oxygens (including phenoxy) is 3. The molecule has 274 valence electrons. The second kappa shape index (κ2) is 20.1. The van der Waals surface area contributed by atoms with Crippen LogP contribution in [0.25, 0.3) is 0 Å². The van der Waals surface area contributed by atoms with Gasteiger partial charge in [-0.3, -0.25) is 10.7 Å². The van der Waals surface area contributed by atoms with Crippen molar-refractivity contribution in [2.75, 3.05) is 18.4 Å². The molecule has 0 fully saturated rings. The number of nitrogens with zero attached hydrogens (tertiary/aromatic N) is 4. The van der Waals surface area contributed by atoms with E-state index in [1.165, 1.54) is 11.3 Å². The fourth-order valence-corrected chi connectivity index (χ4v) is 4.85. The first kappa shape index (κ1) is 43.3. The number of hydrogen-bond acceptors (Lipinski definition) is 10. The highest BCUT2D eigenvalue weighted by Gasteiger charge is 2.33. The van der Waals surface area contributed by atoms with Crippen LogP contribution in [-0.2, 0) is 14.2 Å². The fraction of sp³-hybridized carbons (Fsp3) is 0.667. The third-order valence-corrected chi connectivity index (χ3v) is 7.01. The Labute approximate surface area is 302 Å². The van der Waals surface area contributed by atoms with E-state index in [4.69, 9.17) is 19.6 Å². The highest BCUT2D eigenvalue weighted by atomic mass is 79.9. The van der Waals surface area contributed by atoms with Crippen molar-refractivity contribution in [1.82, 2.24) is 20.1 Å². The number of nitrogens with one attached hydrogen (secondary N) is 2. The summed E-state index contributed by atoms with van der Waals surface area (Å²) in [6.07, 6.45) is 0.528. The summed E-state index contributed by atoms with van der Waals surface area (Å²) in [5.74, 6) is 5.22. The number of carboxylic acid groups (broad SMARTS) is 1. The molecule has 0 aliphatic heterocycles. The molecule has 0 atom stereocenters. The normalized spacial score (nSPS) is 11.9. The number of halogens is 1. The molecular weight excluding hydrogens is 720 g/mol. The predicted molar refractivity (Wildman–Crippen MR) is 193 cm³/mol. The van der Waals surface area contributed by atoms with Gasteiger partial charge in [0.2, 0.25) is 5.96 Å². The number of carbonyl (C=O) groups excluding carboxylic acids is 3. The Kier molecular flexibility index (Phi) is 17.8. The summed E-state index contributed by atoms with van der Waals surface area (Å²) >= 11 is 4.59. The van der Waals surface area contributed by atoms with Crippen molar-refractivity contribution in [2.24, 2.45) is 4.99 Å². The van der Waals surface area contributed by atoms with Crippen LogP contribution in [0.15, 0.2) is 10.4 Å². The first-order valence-corrected chi connectivity index (χ1v) is 18.0. The van der Waals surface area contributed by atoms with E-state index in [1.807, 2.05) is 0 Å². The summed E-state index contributed by atoms with van der Waals surface area (Å²) in [6, 6.07) is 0. The van der Waals surface area contributed by atoms with Crippen LogP contribution in [0, 0.1) is 17.3 Å². The molecule has 0 aliphatic rings. The van der Waals surface area contributed by atoms with Gasteiger partial charge < -0.3 is 19.3 Å². The molecule has 14 nitrogen and oxygen atoms in total. The van der Waals surface area contributed by atoms with Gasteiger partial charge in [0.15, 0.2) is 10.8 Å². The van der Waals surface area contributed by atoms with Crippen LogP contribution in [0.3, 0.4) is 0 Å².